The molecule has 0 aliphatic carbocycles. The normalized spacial score (nSPS) is 15.3. The predicted octanol–water partition coefficient (Wildman–Crippen LogP) is 2.72. The number of aromatic nitrogens is 2. The Morgan fingerprint density at radius 1 is 1.50 bits per heavy atom. The number of hydrogen-bond donors (Lipinski definition) is 1. The van der Waals surface area contributed by atoms with Gasteiger partial charge in [0.2, 0.25) is 0 Å². The van der Waals surface area contributed by atoms with Crippen molar-refractivity contribution in [3.63, 3.8) is 0 Å². The highest BCUT2D eigenvalue weighted by atomic mass is 35.5. The summed E-state index contributed by atoms with van der Waals surface area (Å²) in [5, 5.41) is 7.65. The van der Waals surface area contributed by atoms with Crippen LogP contribution in [0.4, 0.5) is 0 Å². The van der Waals surface area contributed by atoms with Crippen LogP contribution in [-0.4, -0.2) is 33.7 Å². The Morgan fingerprint density at radius 2 is 2.32 bits per heavy atom. The van der Waals surface area contributed by atoms with Crippen LogP contribution in [0.2, 0.25) is 5.02 Å². The van der Waals surface area contributed by atoms with Crippen molar-refractivity contribution in [1.29, 1.82) is 0 Å². The van der Waals surface area contributed by atoms with E-state index in [0.717, 1.165) is 23.2 Å². The molecule has 0 radical (unpaired) electrons. The number of halogens is 1. The Balaban J connectivity index is 1.67. The monoisotopic (exact) mass is 319 g/mol. The molecule has 0 bridgehead atoms. The summed E-state index contributed by atoms with van der Waals surface area (Å²) in [6.07, 6.45) is 2.05. The first-order valence-electron chi connectivity index (χ1n) is 7.27. The van der Waals surface area contributed by atoms with Crippen molar-refractivity contribution < 1.29 is 9.53 Å². The molecule has 2 aromatic rings. The van der Waals surface area contributed by atoms with Crippen LogP contribution in [0.25, 0.3) is 0 Å². The molecule has 1 atom stereocenters. The van der Waals surface area contributed by atoms with Crippen LogP contribution in [0.3, 0.4) is 0 Å². The van der Waals surface area contributed by atoms with Gasteiger partial charge in [-0.1, -0.05) is 11.6 Å². The van der Waals surface area contributed by atoms with Gasteiger partial charge in [0.1, 0.15) is 5.75 Å². The van der Waals surface area contributed by atoms with E-state index in [-0.39, 0.29) is 5.91 Å². The van der Waals surface area contributed by atoms with Gasteiger partial charge in [0.25, 0.3) is 5.91 Å². The molecule has 1 aliphatic heterocycles. The van der Waals surface area contributed by atoms with Gasteiger partial charge in [-0.15, -0.1) is 0 Å². The number of benzene rings is 1. The second-order valence-electron chi connectivity index (χ2n) is 5.55. The second-order valence-corrected chi connectivity index (χ2v) is 5.99. The molecule has 116 valence electrons. The number of nitrogens with one attached hydrogen (secondary N) is 1. The molecule has 1 unspecified atom stereocenters. The zero-order chi connectivity index (χ0) is 15.7. The van der Waals surface area contributed by atoms with Gasteiger partial charge in [0.15, 0.2) is 6.10 Å². The molecule has 2 heterocycles. The average molecular weight is 320 g/mol. The molecule has 1 aromatic carbocycles. The highest BCUT2D eigenvalue weighted by Gasteiger charge is 2.26. The minimum Gasteiger partial charge on any atom is -0.481 e. The summed E-state index contributed by atoms with van der Waals surface area (Å²) >= 11 is 5.94. The second kappa shape index (κ2) is 6.01. The summed E-state index contributed by atoms with van der Waals surface area (Å²) in [5.74, 6) is 0.674. The Morgan fingerprint density at radius 3 is 3.09 bits per heavy atom. The maximum absolute atomic E-state index is 12.6. The molecule has 3 rings (SSSR count). The molecule has 1 N–H and O–H groups in total. The third-order valence-electron chi connectivity index (χ3n) is 3.90. The molecular formula is C16H18ClN3O2. The summed E-state index contributed by atoms with van der Waals surface area (Å²) in [6.45, 7) is 4.96. The number of carbonyl (C=O) groups is 1. The molecule has 0 saturated carbocycles. The molecule has 0 saturated heterocycles. The first-order chi connectivity index (χ1) is 10.5. The van der Waals surface area contributed by atoms with E-state index in [1.165, 1.54) is 0 Å². The highest BCUT2D eigenvalue weighted by molar-refractivity contribution is 6.30. The van der Waals surface area contributed by atoms with E-state index >= 15 is 0 Å². The van der Waals surface area contributed by atoms with Gasteiger partial charge in [0.05, 0.1) is 6.20 Å². The highest BCUT2D eigenvalue weighted by Crippen LogP contribution is 2.24. The van der Waals surface area contributed by atoms with Gasteiger partial charge in [-0.3, -0.25) is 9.89 Å². The lowest BCUT2D eigenvalue weighted by molar-refractivity contribution is -0.138. The fourth-order valence-corrected chi connectivity index (χ4v) is 2.88. The van der Waals surface area contributed by atoms with E-state index in [9.17, 15) is 4.79 Å². The van der Waals surface area contributed by atoms with E-state index in [1.54, 1.807) is 25.3 Å². The van der Waals surface area contributed by atoms with Gasteiger partial charge in [-0.05, 0) is 37.6 Å². The zero-order valence-corrected chi connectivity index (χ0v) is 13.4. The van der Waals surface area contributed by atoms with Crippen LogP contribution in [0.15, 0.2) is 24.4 Å². The number of aryl methyl sites for hydroxylation is 1. The summed E-state index contributed by atoms with van der Waals surface area (Å²) in [6, 6.07) is 5.39. The third-order valence-corrected chi connectivity index (χ3v) is 4.14. The SMILES string of the molecule is Cc1cc(Cl)ccc1OC(C)C(=O)N1CCc2[nH]ncc2C1. The van der Waals surface area contributed by atoms with Crippen molar-refractivity contribution in [2.75, 3.05) is 6.54 Å². The Bertz CT molecular complexity index is 698. The van der Waals surface area contributed by atoms with Gasteiger partial charge in [0, 0.05) is 35.8 Å². The van der Waals surface area contributed by atoms with Crippen LogP contribution in [0, 0.1) is 6.92 Å². The van der Waals surface area contributed by atoms with E-state index < -0.39 is 6.10 Å². The van der Waals surface area contributed by atoms with Crippen molar-refractivity contribution >= 4 is 17.5 Å². The van der Waals surface area contributed by atoms with Crippen LogP contribution >= 0.6 is 11.6 Å². The molecule has 1 amide bonds. The van der Waals surface area contributed by atoms with Gasteiger partial charge >= 0.3 is 0 Å². The summed E-state index contributed by atoms with van der Waals surface area (Å²) < 4.78 is 5.81. The average Bonchev–Trinajstić information content (AvgIpc) is 2.96. The quantitative estimate of drug-likeness (QED) is 0.946. The molecule has 5 nitrogen and oxygen atoms in total. The van der Waals surface area contributed by atoms with Crippen LogP contribution in [-0.2, 0) is 17.8 Å². The lowest BCUT2D eigenvalue weighted by atomic mass is 10.1. The van der Waals surface area contributed by atoms with Crippen molar-refractivity contribution in [1.82, 2.24) is 15.1 Å². The van der Waals surface area contributed by atoms with E-state index in [4.69, 9.17) is 16.3 Å². The molecule has 22 heavy (non-hydrogen) atoms. The number of ether oxygens (including phenoxy) is 1. The molecule has 1 aliphatic rings. The van der Waals surface area contributed by atoms with E-state index in [0.29, 0.717) is 23.9 Å². The zero-order valence-electron chi connectivity index (χ0n) is 12.6. The maximum Gasteiger partial charge on any atom is 0.263 e. The van der Waals surface area contributed by atoms with E-state index in [2.05, 4.69) is 10.2 Å². The lowest BCUT2D eigenvalue weighted by Gasteiger charge is -2.29. The van der Waals surface area contributed by atoms with Crippen molar-refractivity contribution in [2.24, 2.45) is 0 Å². The first kappa shape index (κ1) is 14.9. The number of hydrogen-bond acceptors (Lipinski definition) is 3. The molecular weight excluding hydrogens is 302 g/mol. The largest absolute Gasteiger partial charge is 0.481 e. The van der Waals surface area contributed by atoms with Gasteiger partial charge in [-0.2, -0.15) is 5.10 Å². The number of aromatic amines is 1. The number of nitrogens with zero attached hydrogens (tertiary/aromatic N) is 2. The summed E-state index contributed by atoms with van der Waals surface area (Å²) in [7, 11) is 0. The minimum absolute atomic E-state index is 0.0128. The smallest absolute Gasteiger partial charge is 0.263 e. The van der Waals surface area contributed by atoms with Crippen molar-refractivity contribution in [3.8, 4) is 5.75 Å². The molecule has 1 aromatic heterocycles. The van der Waals surface area contributed by atoms with Crippen LogP contribution in [0.1, 0.15) is 23.7 Å². The fourth-order valence-electron chi connectivity index (χ4n) is 2.65. The summed E-state index contributed by atoms with van der Waals surface area (Å²) in [5.41, 5.74) is 3.11. The number of fused-ring (bicyclic) bond motifs is 1. The number of rotatable bonds is 3. The first-order valence-corrected chi connectivity index (χ1v) is 7.65. The fraction of sp³-hybridized carbons (Fsp3) is 0.375. The van der Waals surface area contributed by atoms with Crippen molar-refractivity contribution in [3.05, 3.63) is 46.2 Å². The number of carbonyl (C=O) groups excluding carboxylic acids is 1. The standard InChI is InChI=1S/C16H18ClN3O2/c1-10-7-13(17)3-4-15(10)22-11(2)16(21)20-6-5-14-12(9-20)8-18-19-14/h3-4,7-8,11H,5-6,9H2,1-2H3,(H,18,19). The van der Waals surface area contributed by atoms with E-state index in [1.807, 2.05) is 17.9 Å². The Kier molecular flexibility index (Phi) is 4.07. The predicted molar refractivity (Wildman–Crippen MR) is 84.0 cm³/mol. The van der Waals surface area contributed by atoms with Crippen molar-refractivity contribution in [2.45, 2.75) is 32.9 Å². The topological polar surface area (TPSA) is 58.2 Å². The van der Waals surface area contributed by atoms with Gasteiger partial charge in [-0.25, -0.2) is 0 Å². The Labute approximate surface area is 134 Å². The third kappa shape index (κ3) is 2.95. The number of amides is 1. The van der Waals surface area contributed by atoms with Gasteiger partial charge < -0.3 is 9.64 Å². The maximum atomic E-state index is 12.6. The van der Waals surface area contributed by atoms with Crippen LogP contribution in [0.5, 0.6) is 5.75 Å². The summed E-state index contributed by atoms with van der Waals surface area (Å²) in [4.78, 5) is 14.4. The molecule has 6 heteroatoms. The van der Waals surface area contributed by atoms with Crippen LogP contribution < -0.4 is 4.74 Å². The molecule has 0 fully saturated rings. The Hall–Kier alpha value is -2.01. The minimum atomic E-state index is -0.534. The molecule has 0 spiro atoms. The number of H-pyrrole nitrogens is 1. The lowest BCUT2D eigenvalue weighted by Crippen LogP contribution is -2.43.